The molecule has 2 aromatic heterocycles. The molecule has 0 spiro atoms. The van der Waals surface area contributed by atoms with Crippen molar-refractivity contribution in [1.82, 2.24) is 4.98 Å². The van der Waals surface area contributed by atoms with Gasteiger partial charge < -0.3 is 24.9 Å². The van der Waals surface area contributed by atoms with E-state index < -0.39 is 0 Å². The molecular weight excluding hydrogens is 282 g/mol. The maximum absolute atomic E-state index is 6.11. The minimum atomic E-state index is 0.513. The van der Waals surface area contributed by atoms with Crippen molar-refractivity contribution in [1.29, 1.82) is 0 Å². The fourth-order valence-corrected chi connectivity index (χ4v) is 2.41. The zero-order valence-electron chi connectivity index (χ0n) is 12.4. The van der Waals surface area contributed by atoms with E-state index in [1.165, 1.54) is 0 Å². The Morgan fingerprint density at radius 1 is 1.27 bits per heavy atom. The zero-order valence-corrected chi connectivity index (χ0v) is 12.4. The Morgan fingerprint density at radius 2 is 2.14 bits per heavy atom. The van der Waals surface area contributed by atoms with Crippen LogP contribution in [0.5, 0.6) is 11.5 Å². The van der Waals surface area contributed by atoms with Gasteiger partial charge in [0.1, 0.15) is 11.6 Å². The van der Waals surface area contributed by atoms with Crippen molar-refractivity contribution in [3.05, 3.63) is 42.5 Å². The van der Waals surface area contributed by atoms with Gasteiger partial charge in [-0.05, 0) is 18.2 Å². The van der Waals surface area contributed by atoms with Crippen LogP contribution in [0.15, 0.2) is 41.1 Å². The highest BCUT2D eigenvalue weighted by atomic mass is 16.5. The number of hydrogen-bond acceptors (Lipinski definition) is 6. The number of pyridine rings is 1. The van der Waals surface area contributed by atoms with E-state index in [0.717, 1.165) is 16.5 Å². The van der Waals surface area contributed by atoms with Crippen molar-refractivity contribution >= 4 is 22.3 Å². The van der Waals surface area contributed by atoms with Crippen LogP contribution in [0, 0.1) is 0 Å². The lowest BCUT2D eigenvalue weighted by Crippen LogP contribution is -2.03. The minimum Gasteiger partial charge on any atom is -0.493 e. The number of nitrogens with two attached hydrogens (primary N) is 1. The average Bonchev–Trinajstić information content (AvgIpc) is 3.06. The van der Waals surface area contributed by atoms with Crippen molar-refractivity contribution < 1.29 is 13.9 Å². The second-order valence-electron chi connectivity index (χ2n) is 4.72. The Morgan fingerprint density at radius 3 is 2.82 bits per heavy atom. The van der Waals surface area contributed by atoms with Gasteiger partial charge in [-0.3, -0.25) is 0 Å². The Hall–Kier alpha value is -2.89. The van der Waals surface area contributed by atoms with E-state index in [4.69, 9.17) is 19.6 Å². The SMILES string of the molecule is COc1cc(N)c2ccnc(NCc3ccco3)c2c1OC. The van der Waals surface area contributed by atoms with Crippen LogP contribution in [0.4, 0.5) is 11.5 Å². The molecule has 3 N–H and O–H groups in total. The fourth-order valence-electron chi connectivity index (χ4n) is 2.41. The molecule has 0 atom stereocenters. The number of aromatic nitrogens is 1. The molecule has 6 heteroatoms. The summed E-state index contributed by atoms with van der Waals surface area (Å²) in [6.45, 7) is 0.513. The highest BCUT2D eigenvalue weighted by Gasteiger charge is 2.16. The number of benzene rings is 1. The molecule has 0 aliphatic rings. The first-order valence-electron chi connectivity index (χ1n) is 6.80. The predicted molar refractivity (Wildman–Crippen MR) is 85.3 cm³/mol. The van der Waals surface area contributed by atoms with Crippen LogP contribution in [0.1, 0.15) is 5.76 Å². The number of hydrogen-bond donors (Lipinski definition) is 2. The largest absolute Gasteiger partial charge is 0.493 e. The van der Waals surface area contributed by atoms with Gasteiger partial charge in [0.05, 0.1) is 32.4 Å². The number of methoxy groups -OCH3 is 2. The van der Waals surface area contributed by atoms with Crippen LogP contribution < -0.4 is 20.5 Å². The number of furan rings is 1. The summed E-state index contributed by atoms with van der Waals surface area (Å²) in [6.07, 6.45) is 3.34. The first-order valence-corrected chi connectivity index (χ1v) is 6.80. The monoisotopic (exact) mass is 299 g/mol. The van der Waals surface area contributed by atoms with Crippen LogP contribution in [0.3, 0.4) is 0 Å². The fraction of sp³-hybridized carbons (Fsp3) is 0.188. The van der Waals surface area contributed by atoms with Crippen LogP contribution in [-0.4, -0.2) is 19.2 Å². The summed E-state index contributed by atoms with van der Waals surface area (Å²) >= 11 is 0. The van der Waals surface area contributed by atoms with E-state index in [1.54, 1.807) is 32.7 Å². The molecule has 0 aliphatic carbocycles. The van der Waals surface area contributed by atoms with Crippen molar-refractivity contribution in [3.8, 4) is 11.5 Å². The highest BCUT2D eigenvalue weighted by Crippen LogP contribution is 2.42. The summed E-state index contributed by atoms with van der Waals surface area (Å²) in [6, 6.07) is 7.33. The van der Waals surface area contributed by atoms with Crippen LogP contribution in [0.2, 0.25) is 0 Å². The molecule has 0 radical (unpaired) electrons. The quantitative estimate of drug-likeness (QED) is 0.705. The maximum Gasteiger partial charge on any atom is 0.172 e. The molecule has 6 nitrogen and oxygen atoms in total. The minimum absolute atomic E-state index is 0.513. The third kappa shape index (κ3) is 2.39. The number of anilines is 2. The van der Waals surface area contributed by atoms with E-state index in [9.17, 15) is 0 Å². The lowest BCUT2D eigenvalue weighted by Gasteiger charge is -2.15. The Labute approximate surface area is 127 Å². The van der Waals surface area contributed by atoms with Gasteiger partial charge in [-0.15, -0.1) is 0 Å². The lowest BCUT2D eigenvalue weighted by molar-refractivity contribution is 0.359. The van der Waals surface area contributed by atoms with Crippen molar-refractivity contribution in [2.45, 2.75) is 6.54 Å². The summed E-state index contributed by atoms with van der Waals surface area (Å²) in [4.78, 5) is 4.39. The van der Waals surface area contributed by atoms with E-state index in [2.05, 4.69) is 10.3 Å². The van der Waals surface area contributed by atoms with E-state index in [-0.39, 0.29) is 0 Å². The third-order valence-corrected chi connectivity index (χ3v) is 3.43. The summed E-state index contributed by atoms with van der Waals surface area (Å²) in [5, 5.41) is 4.89. The summed E-state index contributed by atoms with van der Waals surface area (Å²) in [7, 11) is 3.17. The number of nitrogen functional groups attached to an aromatic ring is 1. The highest BCUT2D eigenvalue weighted by molar-refractivity contribution is 6.05. The van der Waals surface area contributed by atoms with Gasteiger partial charge in [-0.2, -0.15) is 0 Å². The molecule has 114 valence electrons. The van der Waals surface area contributed by atoms with E-state index in [0.29, 0.717) is 29.5 Å². The summed E-state index contributed by atoms with van der Waals surface area (Å²) < 4.78 is 16.2. The normalized spacial score (nSPS) is 10.6. The number of ether oxygens (including phenoxy) is 2. The number of nitrogens with one attached hydrogen (secondary N) is 1. The van der Waals surface area contributed by atoms with Gasteiger partial charge in [-0.25, -0.2) is 4.98 Å². The van der Waals surface area contributed by atoms with Crippen molar-refractivity contribution in [2.75, 3.05) is 25.3 Å². The third-order valence-electron chi connectivity index (χ3n) is 3.43. The molecule has 22 heavy (non-hydrogen) atoms. The summed E-state index contributed by atoms with van der Waals surface area (Å²) in [5.41, 5.74) is 6.71. The Bertz CT molecular complexity index is 785. The average molecular weight is 299 g/mol. The zero-order chi connectivity index (χ0) is 15.5. The van der Waals surface area contributed by atoms with E-state index >= 15 is 0 Å². The maximum atomic E-state index is 6.11. The molecule has 0 bridgehead atoms. The molecule has 0 fully saturated rings. The Kier molecular flexibility index (Phi) is 3.74. The van der Waals surface area contributed by atoms with Crippen molar-refractivity contribution in [2.24, 2.45) is 0 Å². The second-order valence-corrected chi connectivity index (χ2v) is 4.72. The standard InChI is InChI=1S/C16H17N3O3/c1-20-13-8-12(17)11-5-6-18-16(14(11)15(13)21-2)19-9-10-4-3-7-22-10/h3-8H,9,17H2,1-2H3,(H,18,19). The van der Waals surface area contributed by atoms with Crippen LogP contribution >= 0.6 is 0 Å². The first kappa shape index (κ1) is 14.1. The summed E-state index contributed by atoms with van der Waals surface area (Å²) in [5.74, 6) is 2.65. The predicted octanol–water partition coefficient (Wildman–Crippen LogP) is 3.04. The van der Waals surface area contributed by atoms with Gasteiger partial charge in [0.2, 0.25) is 0 Å². The second kappa shape index (κ2) is 5.85. The topological polar surface area (TPSA) is 82.5 Å². The van der Waals surface area contributed by atoms with Crippen LogP contribution in [-0.2, 0) is 6.54 Å². The molecule has 3 rings (SSSR count). The van der Waals surface area contributed by atoms with Gasteiger partial charge in [0.15, 0.2) is 11.5 Å². The van der Waals surface area contributed by atoms with Gasteiger partial charge in [0.25, 0.3) is 0 Å². The molecule has 0 unspecified atom stereocenters. The lowest BCUT2D eigenvalue weighted by atomic mass is 10.1. The number of rotatable bonds is 5. The molecule has 0 aliphatic heterocycles. The van der Waals surface area contributed by atoms with Gasteiger partial charge in [-0.1, -0.05) is 0 Å². The molecule has 3 aromatic rings. The molecular formula is C16H17N3O3. The van der Waals surface area contributed by atoms with Gasteiger partial charge >= 0.3 is 0 Å². The first-order chi connectivity index (χ1) is 10.7. The molecule has 1 aromatic carbocycles. The van der Waals surface area contributed by atoms with Gasteiger partial charge in [0, 0.05) is 23.3 Å². The van der Waals surface area contributed by atoms with E-state index in [1.807, 2.05) is 18.2 Å². The molecule has 0 saturated heterocycles. The molecule has 0 amide bonds. The Balaban J connectivity index is 2.11. The van der Waals surface area contributed by atoms with Crippen LogP contribution in [0.25, 0.3) is 10.8 Å². The smallest absolute Gasteiger partial charge is 0.172 e. The molecule has 2 heterocycles. The number of nitrogens with zero attached hydrogens (tertiary/aromatic N) is 1. The molecule has 0 saturated carbocycles. The number of fused-ring (bicyclic) bond motifs is 1. The van der Waals surface area contributed by atoms with Crippen molar-refractivity contribution in [3.63, 3.8) is 0 Å².